The number of aryl methyl sites for hydroxylation is 1. The Balaban J connectivity index is 2.18. The van der Waals surface area contributed by atoms with Gasteiger partial charge in [-0.05, 0) is 42.8 Å². The normalized spacial score (nSPS) is 12.0. The molecule has 0 saturated heterocycles. The van der Waals surface area contributed by atoms with E-state index in [1.165, 1.54) is 14.0 Å². The van der Waals surface area contributed by atoms with Crippen LogP contribution in [-0.2, 0) is 6.18 Å². The van der Waals surface area contributed by atoms with Crippen molar-refractivity contribution in [1.82, 2.24) is 10.3 Å². The number of benzene rings is 2. The number of carbonyl (C=O) groups is 2. The average molecular weight is 627 g/mol. The Morgan fingerprint density at radius 1 is 0.860 bits per heavy atom. The topological polar surface area (TPSA) is 159 Å². The van der Waals surface area contributed by atoms with E-state index in [9.17, 15) is 40.3 Å². The number of halogens is 8. The standard InChI is InChI=1S/C24H17F8N3O8/c1-9-8-34-12(20(36)33-2)7-11(9)35-21(37)16-13(4-3-10(17(16)25)22(27,28)29)41-15-6-5-14(42-23(30,31)32)18(26)19(15)43-24(38,39)40/h3-8,38-40H,1-2H3,(H,33,36)(H,34,35,37). The average Bonchev–Trinajstić information content (AvgIpc) is 2.86. The van der Waals surface area contributed by atoms with Gasteiger partial charge in [-0.15, -0.1) is 13.2 Å². The number of aromatic nitrogens is 1. The molecule has 232 valence electrons. The molecule has 1 heterocycles. The zero-order valence-electron chi connectivity index (χ0n) is 21.3. The third kappa shape index (κ3) is 7.96. The minimum atomic E-state index is -5.49. The number of rotatable bonds is 8. The lowest BCUT2D eigenvalue weighted by atomic mass is 10.1. The second kappa shape index (κ2) is 11.9. The van der Waals surface area contributed by atoms with Gasteiger partial charge in [0.05, 0.1) is 5.56 Å². The smallest absolute Gasteiger partial charge is 0.452 e. The van der Waals surface area contributed by atoms with Gasteiger partial charge < -0.3 is 40.2 Å². The van der Waals surface area contributed by atoms with E-state index in [1.807, 2.05) is 0 Å². The lowest BCUT2D eigenvalue weighted by molar-refractivity contribution is -0.420. The SMILES string of the molecule is CNC(=O)c1cc(NC(=O)c2c(Oc3ccc(OC(F)(F)F)c(F)c3OC(O)(O)O)ccc(C(F)(F)F)c2F)c(C)cn1. The van der Waals surface area contributed by atoms with Crippen LogP contribution in [0.3, 0.4) is 0 Å². The molecule has 1 aromatic heterocycles. The Morgan fingerprint density at radius 2 is 1.47 bits per heavy atom. The molecule has 3 rings (SSSR count). The number of hydrogen-bond donors (Lipinski definition) is 5. The Kier molecular flexibility index (Phi) is 9.03. The van der Waals surface area contributed by atoms with Gasteiger partial charge in [-0.25, -0.2) is 4.39 Å². The van der Waals surface area contributed by atoms with Gasteiger partial charge in [0.25, 0.3) is 11.8 Å². The summed E-state index contributed by atoms with van der Waals surface area (Å²) >= 11 is 0. The first-order chi connectivity index (χ1) is 19.7. The maximum atomic E-state index is 15.2. The molecule has 11 nitrogen and oxygen atoms in total. The fourth-order valence-electron chi connectivity index (χ4n) is 3.32. The maximum absolute atomic E-state index is 15.2. The van der Waals surface area contributed by atoms with Crippen LogP contribution in [0.1, 0.15) is 32.0 Å². The van der Waals surface area contributed by atoms with Crippen molar-refractivity contribution in [3.05, 3.63) is 70.5 Å². The van der Waals surface area contributed by atoms with E-state index >= 15 is 4.39 Å². The fourth-order valence-corrected chi connectivity index (χ4v) is 3.32. The summed E-state index contributed by atoms with van der Waals surface area (Å²) in [6, 6.07) is 2.13. The molecule has 2 aromatic carbocycles. The number of nitrogens with zero attached hydrogens (tertiary/aromatic N) is 1. The number of pyridine rings is 1. The largest absolute Gasteiger partial charge is 0.573 e. The molecule has 0 fully saturated rings. The summed E-state index contributed by atoms with van der Waals surface area (Å²) in [5, 5.41) is 31.7. The van der Waals surface area contributed by atoms with Crippen molar-refractivity contribution < 1.29 is 74.2 Å². The molecule has 0 radical (unpaired) electrons. The van der Waals surface area contributed by atoms with Crippen LogP contribution in [0.5, 0.6) is 23.0 Å². The number of anilines is 1. The zero-order valence-corrected chi connectivity index (χ0v) is 21.3. The van der Waals surface area contributed by atoms with Crippen molar-refractivity contribution in [3.63, 3.8) is 0 Å². The molecule has 0 bridgehead atoms. The summed E-state index contributed by atoms with van der Waals surface area (Å²) in [4.78, 5) is 28.8. The van der Waals surface area contributed by atoms with Crippen molar-refractivity contribution in [2.24, 2.45) is 0 Å². The highest BCUT2D eigenvalue weighted by atomic mass is 19.4. The second-order valence-electron chi connectivity index (χ2n) is 8.25. The molecule has 5 N–H and O–H groups in total. The highest BCUT2D eigenvalue weighted by molar-refractivity contribution is 6.07. The predicted molar refractivity (Wildman–Crippen MR) is 125 cm³/mol. The van der Waals surface area contributed by atoms with E-state index < -0.39 is 76.3 Å². The molecule has 0 spiro atoms. The maximum Gasteiger partial charge on any atom is 0.573 e. The van der Waals surface area contributed by atoms with Crippen LogP contribution < -0.4 is 24.8 Å². The lowest BCUT2D eigenvalue weighted by Crippen LogP contribution is -2.35. The van der Waals surface area contributed by atoms with Crippen LogP contribution in [-0.4, -0.2) is 51.7 Å². The van der Waals surface area contributed by atoms with Crippen LogP contribution >= 0.6 is 0 Å². The first kappa shape index (κ1) is 32.8. The van der Waals surface area contributed by atoms with Gasteiger partial charge in [-0.2, -0.15) is 17.6 Å². The molecule has 0 atom stereocenters. The summed E-state index contributed by atoms with van der Waals surface area (Å²) < 4.78 is 121. The molecular weight excluding hydrogens is 610 g/mol. The third-order valence-corrected chi connectivity index (χ3v) is 5.16. The van der Waals surface area contributed by atoms with E-state index in [1.54, 1.807) is 0 Å². The zero-order chi connectivity index (χ0) is 32.5. The van der Waals surface area contributed by atoms with Gasteiger partial charge in [0.2, 0.25) is 11.6 Å². The van der Waals surface area contributed by atoms with Gasteiger partial charge in [0.1, 0.15) is 17.0 Å². The molecular formula is C24H17F8N3O8. The van der Waals surface area contributed by atoms with Gasteiger partial charge in [0.15, 0.2) is 17.3 Å². The van der Waals surface area contributed by atoms with Crippen LogP contribution in [0.15, 0.2) is 36.5 Å². The van der Waals surface area contributed by atoms with Gasteiger partial charge in [-0.1, -0.05) is 0 Å². The van der Waals surface area contributed by atoms with E-state index in [4.69, 9.17) is 20.1 Å². The number of amides is 2. The number of ether oxygens (including phenoxy) is 3. The number of hydrogen-bond acceptors (Lipinski definition) is 9. The third-order valence-electron chi connectivity index (χ3n) is 5.16. The van der Waals surface area contributed by atoms with E-state index in [0.717, 1.165) is 12.3 Å². The minimum Gasteiger partial charge on any atom is -0.452 e. The van der Waals surface area contributed by atoms with E-state index in [0.29, 0.717) is 12.1 Å². The molecule has 0 unspecified atom stereocenters. The summed E-state index contributed by atoms with van der Waals surface area (Å²) in [6.07, 6.45) is -14.0. The molecule has 19 heteroatoms. The Morgan fingerprint density at radius 3 is 2.02 bits per heavy atom. The highest BCUT2D eigenvalue weighted by Gasteiger charge is 2.39. The molecule has 0 aliphatic heterocycles. The van der Waals surface area contributed by atoms with E-state index in [-0.39, 0.29) is 29.1 Å². The predicted octanol–water partition coefficient (Wildman–Crippen LogP) is 3.96. The number of alkyl halides is 6. The summed E-state index contributed by atoms with van der Waals surface area (Å²) in [5.74, 6) is -12.5. The van der Waals surface area contributed by atoms with Crippen LogP contribution in [0.2, 0.25) is 0 Å². The Bertz CT molecular complexity index is 1560. The molecule has 0 saturated carbocycles. The van der Waals surface area contributed by atoms with Crippen molar-refractivity contribution in [2.75, 3.05) is 12.4 Å². The first-order valence-corrected chi connectivity index (χ1v) is 11.2. The molecule has 3 aromatic rings. The summed E-state index contributed by atoms with van der Waals surface area (Å²) in [6.45, 7) is 1.36. The molecule has 2 amide bonds. The van der Waals surface area contributed by atoms with E-state index in [2.05, 4.69) is 25.1 Å². The number of carbonyl (C=O) groups excluding carboxylic acids is 2. The number of aliphatic hydroxyl groups is 3. The molecule has 43 heavy (non-hydrogen) atoms. The summed E-state index contributed by atoms with van der Waals surface area (Å²) in [7, 11) is 1.25. The summed E-state index contributed by atoms with van der Waals surface area (Å²) in [5.41, 5.74) is -3.80. The van der Waals surface area contributed by atoms with Gasteiger partial charge >= 0.3 is 18.7 Å². The molecule has 0 aliphatic rings. The van der Waals surface area contributed by atoms with Crippen molar-refractivity contribution in [3.8, 4) is 23.0 Å². The number of nitrogens with one attached hydrogen (secondary N) is 2. The quantitative estimate of drug-likeness (QED) is 0.184. The van der Waals surface area contributed by atoms with Crippen molar-refractivity contribution >= 4 is 17.5 Å². The van der Waals surface area contributed by atoms with Crippen LogP contribution in [0, 0.1) is 18.6 Å². The fraction of sp³-hybridized carbons (Fsp3) is 0.208. The monoisotopic (exact) mass is 627 g/mol. The Labute approximate surface area is 234 Å². The lowest BCUT2D eigenvalue weighted by Gasteiger charge is -2.21. The first-order valence-electron chi connectivity index (χ1n) is 11.2. The second-order valence-corrected chi connectivity index (χ2v) is 8.25. The minimum absolute atomic E-state index is 0.106. The molecule has 0 aliphatic carbocycles. The van der Waals surface area contributed by atoms with Crippen molar-refractivity contribution in [2.45, 2.75) is 25.6 Å². The van der Waals surface area contributed by atoms with Gasteiger partial charge in [-0.3, -0.25) is 14.6 Å². The van der Waals surface area contributed by atoms with Crippen molar-refractivity contribution in [1.29, 1.82) is 0 Å². The Hall–Kier alpha value is -4.75. The van der Waals surface area contributed by atoms with Crippen LogP contribution in [0.4, 0.5) is 40.8 Å². The van der Waals surface area contributed by atoms with Crippen LogP contribution in [0.25, 0.3) is 0 Å². The highest BCUT2D eigenvalue weighted by Crippen LogP contribution is 2.43. The van der Waals surface area contributed by atoms with Gasteiger partial charge in [0, 0.05) is 18.9 Å².